The van der Waals surface area contributed by atoms with E-state index in [-0.39, 0.29) is 0 Å². The zero-order chi connectivity index (χ0) is 19.2. The average Bonchev–Trinajstić information content (AvgIpc) is 3.02. The van der Waals surface area contributed by atoms with Crippen LogP contribution in [-0.4, -0.2) is 11.8 Å². The van der Waals surface area contributed by atoms with E-state index in [9.17, 15) is 0 Å². The number of rotatable bonds is 10. The standard InChI is InChI=1S/C25H32Cl2/c1-18(11-13-26)3-5-20-7-9-24-22(15-20)17-23-16-21(8-10-25(23)24)6-4-19(2)12-14-27/h7-10,15-16,18-19H,3-6,11-14,17H2,1-2H3. The van der Waals surface area contributed by atoms with Crippen LogP contribution in [0.15, 0.2) is 36.4 Å². The molecular formula is C25H32Cl2. The molecule has 3 rings (SSSR count). The van der Waals surface area contributed by atoms with Crippen LogP contribution in [0.1, 0.15) is 61.8 Å². The highest BCUT2D eigenvalue weighted by Gasteiger charge is 2.19. The van der Waals surface area contributed by atoms with E-state index >= 15 is 0 Å². The van der Waals surface area contributed by atoms with E-state index in [0.29, 0.717) is 11.8 Å². The van der Waals surface area contributed by atoms with Gasteiger partial charge in [0.05, 0.1) is 0 Å². The predicted octanol–water partition coefficient (Wildman–Crippen LogP) is 7.65. The van der Waals surface area contributed by atoms with Crippen LogP contribution >= 0.6 is 23.2 Å². The molecule has 0 fully saturated rings. The molecule has 1 aliphatic rings. The molecule has 0 saturated carbocycles. The fraction of sp³-hybridized carbons (Fsp3) is 0.520. The third kappa shape index (κ3) is 5.52. The van der Waals surface area contributed by atoms with Crippen LogP contribution in [-0.2, 0) is 19.3 Å². The maximum Gasteiger partial charge on any atom is 0.0225 e. The molecule has 0 amide bonds. The Labute approximate surface area is 175 Å². The minimum Gasteiger partial charge on any atom is -0.127 e. The zero-order valence-corrected chi connectivity index (χ0v) is 18.3. The zero-order valence-electron chi connectivity index (χ0n) is 16.7. The Morgan fingerprint density at radius 2 is 1.15 bits per heavy atom. The van der Waals surface area contributed by atoms with E-state index < -0.39 is 0 Å². The van der Waals surface area contributed by atoms with Crippen molar-refractivity contribution in [3.63, 3.8) is 0 Å². The van der Waals surface area contributed by atoms with Gasteiger partial charge in [-0.15, -0.1) is 23.2 Å². The highest BCUT2D eigenvalue weighted by molar-refractivity contribution is 6.18. The molecule has 2 heteroatoms. The van der Waals surface area contributed by atoms with Crippen molar-refractivity contribution in [2.75, 3.05) is 11.8 Å². The normalized spacial score (nSPS) is 14.7. The van der Waals surface area contributed by atoms with Gasteiger partial charge in [0.25, 0.3) is 0 Å². The third-order valence-electron chi connectivity index (χ3n) is 6.07. The van der Waals surface area contributed by atoms with Crippen LogP contribution in [0, 0.1) is 11.8 Å². The average molecular weight is 403 g/mol. The molecule has 0 saturated heterocycles. The maximum atomic E-state index is 5.87. The summed E-state index contributed by atoms with van der Waals surface area (Å²) in [5.41, 5.74) is 8.81. The third-order valence-corrected chi connectivity index (χ3v) is 6.50. The van der Waals surface area contributed by atoms with Gasteiger partial charge in [0.2, 0.25) is 0 Å². The summed E-state index contributed by atoms with van der Waals surface area (Å²) in [7, 11) is 0. The Morgan fingerprint density at radius 3 is 1.56 bits per heavy atom. The Morgan fingerprint density at radius 1 is 0.704 bits per heavy atom. The van der Waals surface area contributed by atoms with E-state index in [0.717, 1.165) is 43.9 Å². The van der Waals surface area contributed by atoms with Crippen molar-refractivity contribution < 1.29 is 0 Å². The van der Waals surface area contributed by atoms with Gasteiger partial charge in [-0.3, -0.25) is 0 Å². The van der Waals surface area contributed by atoms with E-state index in [1.54, 1.807) is 0 Å². The quantitative estimate of drug-likeness (QED) is 0.305. The van der Waals surface area contributed by atoms with E-state index in [4.69, 9.17) is 23.2 Å². The molecule has 0 radical (unpaired) electrons. The second-order valence-electron chi connectivity index (χ2n) is 8.40. The van der Waals surface area contributed by atoms with Crippen molar-refractivity contribution >= 4 is 23.2 Å². The summed E-state index contributed by atoms with van der Waals surface area (Å²) in [5.74, 6) is 2.95. The number of fused-ring (bicyclic) bond motifs is 3. The number of hydrogen-bond acceptors (Lipinski definition) is 0. The van der Waals surface area contributed by atoms with Gasteiger partial charge in [-0.05, 0) is 90.2 Å². The van der Waals surface area contributed by atoms with E-state index in [2.05, 4.69) is 50.2 Å². The molecule has 2 atom stereocenters. The number of benzene rings is 2. The topological polar surface area (TPSA) is 0 Å². The summed E-state index contributed by atoms with van der Waals surface area (Å²) in [6, 6.07) is 14.2. The van der Waals surface area contributed by atoms with Gasteiger partial charge in [0.15, 0.2) is 0 Å². The molecule has 2 aromatic rings. The molecule has 0 spiro atoms. The van der Waals surface area contributed by atoms with Gasteiger partial charge in [-0.25, -0.2) is 0 Å². The van der Waals surface area contributed by atoms with E-state index in [1.807, 2.05) is 0 Å². The summed E-state index contributed by atoms with van der Waals surface area (Å²) in [4.78, 5) is 0. The summed E-state index contributed by atoms with van der Waals surface area (Å²) < 4.78 is 0. The highest BCUT2D eigenvalue weighted by atomic mass is 35.5. The first-order valence-electron chi connectivity index (χ1n) is 10.5. The largest absolute Gasteiger partial charge is 0.127 e. The summed E-state index contributed by atoms with van der Waals surface area (Å²) in [5, 5.41) is 0. The second kappa shape index (κ2) is 9.99. The van der Waals surface area contributed by atoms with Crippen LogP contribution in [0.3, 0.4) is 0 Å². The van der Waals surface area contributed by atoms with Crippen LogP contribution in [0.4, 0.5) is 0 Å². The fourth-order valence-corrected chi connectivity index (χ4v) is 4.86. The number of alkyl halides is 2. The summed E-state index contributed by atoms with van der Waals surface area (Å²) >= 11 is 11.7. The Balaban J connectivity index is 1.64. The van der Waals surface area contributed by atoms with Gasteiger partial charge in [-0.2, -0.15) is 0 Å². The van der Waals surface area contributed by atoms with Crippen LogP contribution in [0.25, 0.3) is 11.1 Å². The first-order valence-corrected chi connectivity index (χ1v) is 11.5. The van der Waals surface area contributed by atoms with Crippen molar-refractivity contribution in [2.24, 2.45) is 11.8 Å². The predicted molar refractivity (Wildman–Crippen MR) is 120 cm³/mol. The number of aryl methyl sites for hydroxylation is 2. The summed E-state index contributed by atoms with van der Waals surface area (Å²) in [6.07, 6.45) is 8.08. The van der Waals surface area contributed by atoms with Gasteiger partial charge in [0, 0.05) is 11.8 Å². The summed E-state index contributed by atoms with van der Waals surface area (Å²) in [6.45, 7) is 4.61. The smallest absolute Gasteiger partial charge is 0.0225 e. The lowest BCUT2D eigenvalue weighted by atomic mass is 9.96. The molecule has 0 nitrogen and oxygen atoms in total. The molecule has 0 aliphatic heterocycles. The van der Waals surface area contributed by atoms with Gasteiger partial charge < -0.3 is 0 Å². The van der Waals surface area contributed by atoms with Crippen molar-refractivity contribution in [1.82, 2.24) is 0 Å². The minimum absolute atomic E-state index is 0.705. The fourth-order valence-electron chi connectivity index (χ4n) is 4.12. The molecule has 2 unspecified atom stereocenters. The lowest BCUT2D eigenvalue weighted by Crippen LogP contribution is -1.98. The molecule has 1 aliphatic carbocycles. The lowest BCUT2D eigenvalue weighted by Gasteiger charge is -2.10. The maximum absolute atomic E-state index is 5.87. The molecule has 27 heavy (non-hydrogen) atoms. The number of hydrogen-bond donors (Lipinski definition) is 0. The second-order valence-corrected chi connectivity index (χ2v) is 9.16. The van der Waals surface area contributed by atoms with Crippen molar-refractivity contribution in [2.45, 2.75) is 58.8 Å². The van der Waals surface area contributed by atoms with E-state index in [1.165, 1.54) is 46.2 Å². The Hall–Kier alpha value is -0.980. The van der Waals surface area contributed by atoms with Crippen molar-refractivity contribution in [3.8, 4) is 11.1 Å². The monoisotopic (exact) mass is 402 g/mol. The molecule has 0 heterocycles. The van der Waals surface area contributed by atoms with Gasteiger partial charge in [0.1, 0.15) is 0 Å². The SMILES string of the molecule is CC(CCCl)CCc1ccc2c(c1)Cc1cc(CCC(C)CCCl)ccc1-2. The molecule has 0 N–H and O–H groups in total. The first-order chi connectivity index (χ1) is 13.1. The Kier molecular flexibility index (Phi) is 7.67. The first kappa shape index (κ1) is 20.7. The Bertz CT molecular complexity index is 686. The van der Waals surface area contributed by atoms with Crippen molar-refractivity contribution in [1.29, 1.82) is 0 Å². The molecule has 2 aromatic carbocycles. The highest BCUT2D eigenvalue weighted by Crippen LogP contribution is 2.38. The molecule has 146 valence electrons. The molecular weight excluding hydrogens is 371 g/mol. The van der Waals surface area contributed by atoms with Crippen LogP contribution in [0.5, 0.6) is 0 Å². The van der Waals surface area contributed by atoms with Crippen LogP contribution < -0.4 is 0 Å². The molecule has 0 aromatic heterocycles. The minimum atomic E-state index is 0.705. The molecule has 0 bridgehead atoms. The van der Waals surface area contributed by atoms with Gasteiger partial charge >= 0.3 is 0 Å². The lowest BCUT2D eigenvalue weighted by molar-refractivity contribution is 0.519. The van der Waals surface area contributed by atoms with Gasteiger partial charge in [-0.1, -0.05) is 50.2 Å². The van der Waals surface area contributed by atoms with Crippen molar-refractivity contribution in [3.05, 3.63) is 58.7 Å². The van der Waals surface area contributed by atoms with Crippen LogP contribution in [0.2, 0.25) is 0 Å². The number of halogens is 2.